The van der Waals surface area contributed by atoms with E-state index in [1.807, 2.05) is 42.5 Å². The van der Waals surface area contributed by atoms with Gasteiger partial charge < -0.3 is 42.6 Å². The van der Waals surface area contributed by atoms with E-state index >= 15 is 0 Å². The predicted octanol–water partition coefficient (Wildman–Crippen LogP) is 7.37. The van der Waals surface area contributed by atoms with Gasteiger partial charge in [-0.25, -0.2) is 72.1 Å². The van der Waals surface area contributed by atoms with Crippen LogP contribution in [0.1, 0.15) is 33.5 Å². The number of H-pyrrole nitrogens is 2. The number of aromatic amines is 2. The third-order valence-electron chi connectivity index (χ3n) is 14.3. The van der Waals surface area contributed by atoms with E-state index in [0.29, 0.717) is 107 Å². The molecule has 0 amide bonds. The Morgan fingerprint density at radius 1 is 0.455 bits per heavy atom. The summed E-state index contributed by atoms with van der Waals surface area (Å²) in [5, 5.41) is 72.8. The Morgan fingerprint density at radius 3 is 1.43 bits per heavy atom. The average Bonchev–Trinajstić information content (AvgIpc) is 1.64. The first-order valence-electron chi connectivity index (χ1n) is 29.6. The van der Waals surface area contributed by atoms with Gasteiger partial charge in [-0.05, 0) is 78.9 Å². The van der Waals surface area contributed by atoms with Crippen LogP contribution in [0, 0.1) is 51.4 Å². The first-order valence-corrected chi connectivity index (χ1v) is 29.6. The number of ether oxygens (including phenoxy) is 2. The highest BCUT2D eigenvalue weighted by Crippen LogP contribution is 2.32. The minimum Gasteiger partial charge on any atom is -0.474 e. The Labute approximate surface area is 556 Å². The van der Waals surface area contributed by atoms with Crippen molar-refractivity contribution in [1.29, 1.82) is 15.8 Å². The number of halogens is 3. The Bertz CT molecular complexity index is 5500. The van der Waals surface area contributed by atoms with Gasteiger partial charge in [-0.3, -0.25) is 10.2 Å². The van der Waals surface area contributed by atoms with Crippen LogP contribution >= 0.6 is 0 Å². The van der Waals surface area contributed by atoms with Gasteiger partial charge in [-0.2, -0.15) is 31.1 Å². The molecule has 15 rings (SSSR count). The fraction of sp³-hybridized carbons (Fsp3) is 0.106. The quantitative estimate of drug-likeness (QED) is 0.0526. The molecule has 30 nitrogen and oxygen atoms in total. The van der Waals surface area contributed by atoms with Crippen LogP contribution in [0.2, 0.25) is 0 Å². The molecule has 0 aliphatic carbocycles. The third-order valence-corrected chi connectivity index (χ3v) is 14.3. The molecule has 0 fully saturated rings. The van der Waals surface area contributed by atoms with Crippen molar-refractivity contribution in [2.45, 2.75) is 19.6 Å². The zero-order valence-corrected chi connectivity index (χ0v) is 51.6. The largest absolute Gasteiger partial charge is 0.474 e. The molecule has 0 aliphatic rings. The van der Waals surface area contributed by atoms with Crippen LogP contribution in [-0.2, 0) is 19.6 Å². The SMILES string of the molecule is N#Cc1c(OCCO)n[nH]c1N.N#Cc1cccnc1N.N#Cc1nn(Cc2ccccc2F)c2ncccc12.Nc1nc(-c2nn(Cc3ccccc3F)c3ncccc23)nc2[nH]nc(OCCO)c12.Nc1nc(-c2nn(Cc3ccccc3F)c3ncccc23)nc2ncccc12. The number of nitrogens with two attached hydrogens (primary N) is 4. The van der Waals surface area contributed by atoms with E-state index < -0.39 is 0 Å². The van der Waals surface area contributed by atoms with Gasteiger partial charge in [0.2, 0.25) is 5.88 Å². The van der Waals surface area contributed by atoms with Crippen molar-refractivity contribution in [2.24, 2.45) is 0 Å². The van der Waals surface area contributed by atoms with Gasteiger partial charge in [0.25, 0.3) is 5.88 Å². The Kier molecular flexibility index (Phi) is 20.6. The summed E-state index contributed by atoms with van der Waals surface area (Å²) < 4.78 is 57.0. The summed E-state index contributed by atoms with van der Waals surface area (Å²) >= 11 is 0. The number of hydrogen-bond acceptors (Lipinski definition) is 25. The van der Waals surface area contributed by atoms with E-state index in [4.69, 9.17) is 58.4 Å². The maximum Gasteiger partial charge on any atom is 0.253 e. The van der Waals surface area contributed by atoms with E-state index in [-0.39, 0.29) is 98.3 Å². The van der Waals surface area contributed by atoms with Crippen LogP contribution in [0.25, 0.3) is 78.2 Å². The van der Waals surface area contributed by atoms with Gasteiger partial charge in [-0.1, -0.05) is 54.6 Å². The number of benzene rings is 3. The second kappa shape index (κ2) is 30.8. The van der Waals surface area contributed by atoms with E-state index in [1.165, 1.54) is 18.2 Å². The molecule has 0 radical (unpaired) electrons. The molecular weight excluding hydrogens is 1280 g/mol. The number of pyridine rings is 5. The van der Waals surface area contributed by atoms with E-state index in [1.54, 1.807) is 136 Å². The zero-order valence-electron chi connectivity index (χ0n) is 51.6. The minimum absolute atomic E-state index is 0.0674. The van der Waals surface area contributed by atoms with Crippen molar-refractivity contribution >= 4 is 78.4 Å². The van der Waals surface area contributed by atoms with Crippen molar-refractivity contribution in [1.82, 2.24) is 94.6 Å². The molecule has 33 heteroatoms. The fourth-order valence-electron chi connectivity index (χ4n) is 9.71. The number of nitrogen functional groups attached to an aromatic ring is 4. The smallest absolute Gasteiger partial charge is 0.253 e. The van der Waals surface area contributed by atoms with Gasteiger partial charge in [-0.15, -0.1) is 10.2 Å². The molecule has 12 N–H and O–H groups in total. The van der Waals surface area contributed by atoms with E-state index in [2.05, 4.69) is 80.5 Å². The Hall–Kier alpha value is -14.1. The summed E-state index contributed by atoms with van der Waals surface area (Å²) in [4.78, 5) is 38.8. The molecule has 0 unspecified atom stereocenters. The molecule has 0 saturated heterocycles. The Morgan fingerprint density at radius 2 is 0.919 bits per heavy atom. The molecule has 0 aliphatic heterocycles. The van der Waals surface area contributed by atoms with Crippen LogP contribution in [0.5, 0.6) is 11.8 Å². The summed E-state index contributed by atoms with van der Waals surface area (Å²) in [6, 6.07) is 43.1. The number of hydrogen-bond donors (Lipinski definition) is 8. The van der Waals surface area contributed by atoms with Crippen molar-refractivity contribution in [3.8, 4) is 53.0 Å². The molecule has 0 spiro atoms. The molecule has 0 saturated carbocycles. The number of aromatic nitrogens is 19. The van der Waals surface area contributed by atoms with Crippen molar-refractivity contribution < 1.29 is 32.9 Å². The van der Waals surface area contributed by atoms with E-state index in [0.717, 1.165) is 5.39 Å². The second-order valence-electron chi connectivity index (χ2n) is 20.6. The summed E-state index contributed by atoms with van der Waals surface area (Å²) in [6.45, 7) is 0.560. The van der Waals surface area contributed by atoms with Gasteiger partial charge >= 0.3 is 0 Å². The zero-order chi connectivity index (χ0) is 69.4. The number of rotatable bonds is 14. The molecule has 0 atom stereocenters. The van der Waals surface area contributed by atoms with Crippen molar-refractivity contribution in [3.05, 3.63) is 215 Å². The van der Waals surface area contributed by atoms with Crippen LogP contribution in [0.4, 0.5) is 36.4 Å². The molecule has 0 bridgehead atoms. The normalized spacial score (nSPS) is 10.7. The number of aliphatic hydroxyl groups is 2. The van der Waals surface area contributed by atoms with Crippen LogP contribution in [-0.4, -0.2) is 131 Å². The number of anilines is 4. The Balaban J connectivity index is 0.000000133. The lowest BCUT2D eigenvalue weighted by molar-refractivity contribution is 0.196. The molecule has 99 heavy (non-hydrogen) atoms. The number of fused-ring (bicyclic) bond motifs is 5. The molecule has 12 aromatic heterocycles. The standard InChI is InChI=1S/C20H17FN8O2.C20H14FN7.C14H9FN4.C6H8N4O2.C6H5N3/c21-13-6-2-1-4-11(13)10-29-19-12(5-3-7-23-19)15(28-29)18-24-16(22)14-17(25-18)26-27-20(14)31-9-8-30;21-15-8-2-1-5-12(15)11-28-20-13(6-3-10-24-20)16(27-28)19-25-17(22)14-7-4-9-23-18(14)26-19;15-12-6-2-1-4-10(12)9-19-14-11(5-3-7-17-14)13(8-16)18-19;7-3-4-5(8)9-10-6(4)12-2-1-11;7-4-5-2-1-3-9-6(5)8/h1-7,30H,8-10H2,(H3,22,24,25,26,27);1-10H,11H2,(H2,22,23,25,26);1-7H,9H2;11H,1-2H2,(H3,8,9,10);1-3H,(H2,8,9). The first-order chi connectivity index (χ1) is 48.3. The maximum atomic E-state index is 14.2. The van der Waals surface area contributed by atoms with Gasteiger partial charge in [0.1, 0.15) is 88.9 Å². The lowest BCUT2D eigenvalue weighted by atomic mass is 10.2. The predicted molar refractivity (Wildman–Crippen MR) is 356 cm³/mol. The van der Waals surface area contributed by atoms with Gasteiger partial charge in [0.05, 0.1) is 60.0 Å². The number of nitrogens with zero attached hydrogens (tertiary/aromatic N) is 20. The topological polar surface area (TPSA) is 461 Å². The summed E-state index contributed by atoms with van der Waals surface area (Å²) in [5.74, 6) is 1.01. The third kappa shape index (κ3) is 15.0. The number of aliphatic hydroxyl groups excluding tert-OH is 2. The molecular formula is C66H53F3N26O4. The summed E-state index contributed by atoms with van der Waals surface area (Å²) in [7, 11) is 0. The average molecular weight is 1330 g/mol. The molecule has 3 aromatic carbocycles. The fourth-order valence-corrected chi connectivity index (χ4v) is 9.71. The van der Waals surface area contributed by atoms with Gasteiger partial charge in [0, 0.05) is 47.7 Å². The molecule has 15 aromatic rings. The molecule has 12 heterocycles. The van der Waals surface area contributed by atoms with Crippen LogP contribution < -0.4 is 32.4 Å². The summed E-state index contributed by atoms with van der Waals surface area (Å²) in [6.07, 6.45) is 8.14. The molecule has 492 valence electrons. The van der Waals surface area contributed by atoms with Crippen molar-refractivity contribution in [2.75, 3.05) is 49.4 Å². The lowest BCUT2D eigenvalue weighted by Crippen LogP contribution is -2.05. The second-order valence-corrected chi connectivity index (χ2v) is 20.6. The summed E-state index contributed by atoms with van der Waals surface area (Å²) in [5.41, 5.74) is 28.9. The first kappa shape index (κ1) is 66.4. The highest BCUT2D eigenvalue weighted by atomic mass is 19.1. The van der Waals surface area contributed by atoms with Crippen LogP contribution in [0.15, 0.2) is 164 Å². The van der Waals surface area contributed by atoms with Crippen LogP contribution in [0.3, 0.4) is 0 Å². The maximum absolute atomic E-state index is 14.2. The van der Waals surface area contributed by atoms with Gasteiger partial charge in [0.15, 0.2) is 51.1 Å². The minimum atomic E-state index is -0.321. The lowest BCUT2D eigenvalue weighted by Gasteiger charge is -2.04. The highest BCUT2D eigenvalue weighted by molar-refractivity contribution is 5.95. The number of nitrogens with one attached hydrogen (secondary N) is 2. The monoisotopic (exact) mass is 1330 g/mol. The highest BCUT2D eigenvalue weighted by Gasteiger charge is 2.23. The van der Waals surface area contributed by atoms with Crippen molar-refractivity contribution in [3.63, 3.8) is 0 Å². The number of nitriles is 3. The van der Waals surface area contributed by atoms with E-state index in [9.17, 15) is 13.2 Å².